The van der Waals surface area contributed by atoms with Gasteiger partial charge in [-0.1, -0.05) is 0 Å². The summed E-state index contributed by atoms with van der Waals surface area (Å²) in [4.78, 5) is 11.5. The minimum absolute atomic E-state index is 0.257. The van der Waals surface area contributed by atoms with Crippen molar-refractivity contribution >= 4 is 18.7 Å². The minimum Gasteiger partial charge on any atom is -0.465 e. The standard InChI is InChI=1S/C6H13NO2S/c1-6(2,10)4-7(3)5(8)9/h10H,4H2,1-3H3,(H,8,9). The molecular weight excluding hydrogens is 150 g/mol. The maximum Gasteiger partial charge on any atom is 0.407 e. The van der Waals surface area contributed by atoms with Gasteiger partial charge in [0.1, 0.15) is 0 Å². The Balaban J connectivity index is 3.80. The zero-order chi connectivity index (χ0) is 8.36. The molecule has 0 aliphatic rings. The summed E-state index contributed by atoms with van der Waals surface area (Å²) in [7, 11) is 1.53. The van der Waals surface area contributed by atoms with Gasteiger partial charge in [-0.3, -0.25) is 0 Å². The number of hydrogen-bond donors (Lipinski definition) is 2. The van der Waals surface area contributed by atoms with Gasteiger partial charge in [0.15, 0.2) is 0 Å². The highest BCUT2D eigenvalue weighted by atomic mass is 32.1. The van der Waals surface area contributed by atoms with Crippen LogP contribution in [0.3, 0.4) is 0 Å². The van der Waals surface area contributed by atoms with Gasteiger partial charge in [-0.15, -0.1) is 0 Å². The maximum absolute atomic E-state index is 10.3. The van der Waals surface area contributed by atoms with E-state index in [0.29, 0.717) is 6.54 Å². The van der Waals surface area contributed by atoms with E-state index in [4.69, 9.17) is 5.11 Å². The van der Waals surface area contributed by atoms with Gasteiger partial charge in [0, 0.05) is 18.3 Å². The van der Waals surface area contributed by atoms with E-state index in [1.165, 1.54) is 11.9 Å². The maximum atomic E-state index is 10.3. The molecule has 4 heteroatoms. The van der Waals surface area contributed by atoms with Crippen LogP contribution in [0.25, 0.3) is 0 Å². The molecule has 0 aromatic rings. The van der Waals surface area contributed by atoms with E-state index in [2.05, 4.69) is 12.6 Å². The molecule has 0 saturated carbocycles. The molecule has 3 nitrogen and oxygen atoms in total. The molecule has 0 atom stereocenters. The summed E-state index contributed by atoms with van der Waals surface area (Å²) in [5, 5.41) is 8.44. The van der Waals surface area contributed by atoms with Gasteiger partial charge in [0.2, 0.25) is 0 Å². The molecule has 1 N–H and O–H groups in total. The lowest BCUT2D eigenvalue weighted by molar-refractivity contribution is 0.153. The Morgan fingerprint density at radius 1 is 1.70 bits per heavy atom. The molecule has 0 saturated heterocycles. The molecule has 0 unspecified atom stereocenters. The number of rotatable bonds is 2. The monoisotopic (exact) mass is 163 g/mol. The van der Waals surface area contributed by atoms with Gasteiger partial charge >= 0.3 is 6.09 Å². The van der Waals surface area contributed by atoms with Gasteiger partial charge in [-0.05, 0) is 13.8 Å². The Hall–Kier alpha value is -0.380. The average Bonchev–Trinajstić information content (AvgIpc) is 1.60. The van der Waals surface area contributed by atoms with Gasteiger partial charge < -0.3 is 10.0 Å². The van der Waals surface area contributed by atoms with Gasteiger partial charge in [-0.25, -0.2) is 4.79 Å². The largest absolute Gasteiger partial charge is 0.465 e. The van der Waals surface area contributed by atoms with E-state index >= 15 is 0 Å². The van der Waals surface area contributed by atoms with Crippen LogP contribution in [-0.2, 0) is 0 Å². The van der Waals surface area contributed by atoms with Crippen molar-refractivity contribution in [2.75, 3.05) is 13.6 Å². The lowest BCUT2D eigenvalue weighted by Gasteiger charge is -2.23. The van der Waals surface area contributed by atoms with Crippen molar-refractivity contribution < 1.29 is 9.90 Å². The quantitative estimate of drug-likeness (QED) is 0.602. The van der Waals surface area contributed by atoms with Crippen LogP contribution in [0.15, 0.2) is 0 Å². The second-order valence-electron chi connectivity index (χ2n) is 2.95. The molecule has 1 amide bonds. The number of amides is 1. The van der Waals surface area contributed by atoms with E-state index in [0.717, 1.165) is 0 Å². The molecular formula is C6H13NO2S. The first-order chi connectivity index (χ1) is 4.33. The molecule has 0 radical (unpaired) electrons. The van der Waals surface area contributed by atoms with Crippen molar-refractivity contribution in [1.82, 2.24) is 4.90 Å². The summed E-state index contributed by atoms with van der Waals surface area (Å²) in [6, 6.07) is 0. The van der Waals surface area contributed by atoms with E-state index in [1.807, 2.05) is 13.8 Å². The highest BCUT2D eigenvalue weighted by molar-refractivity contribution is 7.81. The zero-order valence-corrected chi connectivity index (χ0v) is 7.35. The Kier molecular flexibility index (Phi) is 3.02. The first kappa shape index (κ1) is 9.62. The van der Waals surface area contributed by atoms with Crippen molar-refractivity contribution in [2.45, 2.75) is 18.6 Å². The van der Waals surface area contributed by atoms with Crippen LogP contribution in [0.1, 0.15) is 13.8 Å². The number of carbonyl (C=O) groups is 1. The van der Waals surface area contributed by atoms with Crippen molar-refractivity contribution in [3.05, 3.63) is 0 Å². The van der Waals surface area contributed by atoms with Crippen LogP contribution in [-0.4, -0.2) is 34.4 Å². The summed E-state index contributed by atoms with van der Waals surface area (Å²) in [5.41, 5.74) is 0. The molecule has 0 aromatic carbocycles. The SMILES string of the molecule is CN(CC(C)(C)S)C(=O)O. The molecule has 0 rings (SSSR count). The Morgan fingerprint density at radius 3 is 2.20 bits per heavy atom. The summed E-state index contributed by atoms with van der Waals surface area (Å²) >= 11 is 4.18. The zero-order valence-electron chi connectivity index (χ0n) is 6.46. The molecule has 0 aromatic heterocycles. The van der Waals surface area contributed by atoms with Crippen LogP contribution < -0.4 is 0 Å². The van der Waals surface area contributed by atoms with E-state index in [9.17, 15) is 4.79 Å². The van der Waals surface area contributed by atoms with Crippen LogP contribution >= 0.6 is 12.6 Å². The lowest BCUT2D eigenvalue weighted by Crippen LogP contribution is -2.35. The van der Waals surface area contributed by atoms with Crippen molar-refractivity contribution in [3.63, 3.8) is 0 Å². The fourth-order valence-corrected chi connectivity index (χ4v) is 0.860. The van der Waals surface area contributed by atoms with E-state index in [1.54, 1.807) is 0 Å². The molecule has 60 valence electrons. The van der Waals surface area contributed by atoms with Crippen LogP contribution in [0.5, 0.6) is 0 Å². The number of thiol groups is 1. The summed E-state index contributed by atoms with van der Waals surface area (Å²) < 4.78 is -0.257. The highest BCUT2D eigenvalue weighted by Gasteiger charge is 2.17. The Labute approximate surface area is 66.4 Å². The van der Waals surface area contributed by atoms with Crippen molar-refractivity contribution in [2.24, 2.45) is 0 Å². The Bertz CT molecular complexity index is 130. The molecule has 0 spiro atoms. The smallest absolute Gasteiger partial charge is 0.407 e. The summed E-state index contributed by atoms with van der Waals surface area (Å²) in [6.07, 6.45) is -0.915. The minimum atomic E-state index is -0.915. The second-order valence-corrected chi connectivity index (χ2v) is 4.16. The predicted molar refractivity (Wildman–Crippen MR) is 43.7 cm³/mol. The third kappa shape index (κ3) is 4.49. The number of carboxylic acid groups (broad SMARTS) is 1. The van der Waals surface area contributed by atoms with Gasteiger partial charge in [0.25, 0.3) is 0 Å². The van der Waals surface area contributed by atoms with E-state index < -0.39 is 6.09 Å². The average molecular weight is 163 g/mol. The Morgan fingerprint density at radius 2 is 2.10 bits per heavy atom. The summed E-state index contributed by atoms with van der Waals surface area (Å²) in [5.74, 6) is 0. The van der Waals surface area contributed by atoms with Crippen LogP contribution in [0, 0.1) is 0 Å². The number of nitrogens with zero attached hydrogens (tertiary/aromatic N) is 1. The third-order valence-electron chi connectivity index (χ3n) is 0.951. The normalized spacial score (nSPS) is 11.2. The molecule has 10 heavy (non-hydrogen) atoms. The number of hydrogen-bond acceptors (Lipinski definition) is 2. The molecule has 0 aliphatic carbocycles. The third-order valence-corrected chi connectivity index (χ3v) is 1.09. The highest BCUT2D eigenvalue weighted by Crippen LogP contribution is 2.12. The van der Waals surface area contributed by atoms with Gasteiger partial charge in [-0.2, -0.15) is 12.6 Å². The fraction of sp³-hybridized carbons (Fsp3) is 0.833. The molecule has 0 heterocycles. The molecule has 0 aliphatic heterocycles. The first-order valence-electron chi connectivity index (χ1n) is 2.99. The molecule has 0 bridgehead atoms. The fourth-order valence-electron chi connectivity index (χ4n) is 0.648. The predicted octanol–water partition coefficient (Wildman–Crippen LogP) is 1.30. The summed E-state index contributed by atoms with van der Waals surface area (Å²) in [6.45, 7) is 4.18. The lowest BCUT2D eigenvalue weighted by atomic mass is 10.2. The van der Waals surface area contributed by atoms with Crippen LogP contribution in [0.4, 0.5) is 4.79 Å². The first-order valence-corrected chi connectivity index (χ1v) is 3.44. The van der Waals surface area contributed by atoms with Crippen LogP contribution in [0.2, 0.25) is 0 Å². The van der Waals surface area contributed by atoms with Gasteiger partial charge in [0.05, 0.1) is 0 Å². The second kappa shape index (κ2) is 3.14. The van der Waals surface area contributed by atoms with Crippen molar-refractivity contribution in [3.8, 4) is 0 Å². The van der Waals surface area contributed by atoms with Crippen molar-refractivity contribution in [1.29, 1.82) is 0 Å². The topological polar surface area (TPSA) is 40.5 Å². The molecule has 0 fully saturated rings. The van der Waals surface area contributed by atoms with E-state index in [-0.39, 0.29) is 4.75 Å².